The molecule has 0 saturated heterocycles. The molecule has 0 saturated carbocycles. The van der Waals surface area contributed by atoms with Crippen molar-refractivity contribution in [1.29, 1.82) is 0 Å². The molecule has 1 aliphatic rings. The molecule has 7 aromatic rings. The van der Waals surface area contributed by atoms with Crippen LogP contribution in [0.2, 0.25) is 0 Å². The van der Waals surface area contributed by atoms with Crippen LogP contribution >= 0.6 is 0 Å². The average Bonchev–Trinajstić information content (AvgIpc) is 3.31. The molecule has 0 spiro atoms. The topological polar surface area (TPSA) is 43.6 Å². The predicted octanol–water partition coefficient (Wildman–Crippen LogP) is 7.95. The number of nitrogens with zero attached hydrogens (tertiary/aromatic N) is 4. The molecular weight excluding hydrogens is 452 g/mol. The number of aromatic nitrogens is 4. The molecule has 4 heteroatoms. The highest BCUT2D eigenvalue weighted by Gasteiger charge is 2.26. The summed E-state index contributed by atoms with van der Waals surface area (Å²) in [5, 5.41) is 1.18. The summed E-state index contributed by atoms with van der Waals surface area (Å²) in [6, 6.07) is 37.7. The normalized spacial score (nSPS) is 11.8. The highest BCUT2D eigenvalue weighted by Crippen LogP contribution is 2.48. The van der Waals surface area contributed by atoms with Crippen molar-refractivity contribution in [3.63, 3.8) is 0 Å². The van der Waals surface area contributed by atoms with E-state index >= 15 is 0 Å². The van der Waals surface area contributed by atoms with Crippen molar-refractivity contribution in [3.8, 4) is 50.6 Å². The smallest absolute Gasteiger partial charge is 0.164 e. The van der Waals surface area contributed by atoms with Crippen LogP contribution in [0.4, 0.5) is 0 Å². The van der Waals surface area contributed by atoms with E-state index in [1.165, 1.54) is 22.1 Å². The second kappa shape index (κ2) is 7.70. The number of hydrogen-bond acceptors (Lipinski definition) is 3. The van der Waals surface area contributed by atoms with Crippen LogP contribution in [0.25, 0.3) is 72.5 Å². The number of pyridine rings is 1. The summed E-state index contributed by atoms with van der Waals surface area (Å²) in [5.41, 5.74) is 11.6. The van der Waals surface area contributed by atoms with Crippen LogP contribution in [0, 0.1) is 0 Å². The second-order valence-electron chi connectivity index (χ2n) is 9.31. The first-order chi connectivity index (χ1) is 18.4. The van der Waals surface area contributed by atoms with Crippen molar-refractivity contribution in [1.82, 2.24) is 19.5 Å². The molecule has 172 valence electrons. The van der Waals surface area contributed by atoms with Gasteiger partial charge in [-0.05, 0) is 41.0 Å². The number of para-hydroxylation sites is 2. The molecule has 4 nitrogen and oxygen atoms in total. The molecule has 3 aromatic heterocycles. The molecule has 3 heterocycles. The Kier molecular flexibility index (Phi) is 4.19. The fraction of sp³-hybridized carbons (Fsp3) is 0. The van der Waals surface area contributed by atoms with Gasteiger partial charge >= 0.3 is 0 Å². The van der Waals surface area contributed by atoms with Gasteiger partial charge in [0.05, 0.1) is 22.2 Å². The molecule has 0 fully saturated rings. The summed E-state index contributed by atoms with van der Waals surface area (Å²) in [6.07, 6.45) is 4.07. The van der Waals surface area contributed by atoms with Crippen LogP contribution in [-0.2, 0) is 0 Å². The molecule has 0 aliphatic heterocycles. The first kappa shape index (κ1) is 20.1. The fourth-order valence-electron chi connectivity index (χ4n) is 5.60. The van der Waals surface area contributed by atoms with Gasteiger partial charge in [0.15, 0.2) is 5.82 Å². The summed E-state index contributed by atoms with van der Waals surface area (Å²) in [6.45, 7) is 0. The molecule has 0 amide bonds. The third kappa shape index (κ3) is 2.93. The van der Waals surface area contributed by atoms with Gasteiger partial charge in [-0.15, -0.1) is 0 Å². The van der Waals surface area contributed by atoms with Gasteiger partial charge in [-0.25, -0.2) is 9.97 Å². The van der Waals surface area contributed by atoms with Gasteiger partial charge in [-0.2, -0.15) is 0 Å². The third-order valence-corrected chi connectivity index (χ3v) is 7.23. The minimum Gasteiger partial charge on any atom is -0.299 e. The van der Waals surface area contributed by atoms with Crippen LogP contribution in [0.3, 0.4) is 0 Å². The summed E-state index contributed by atoms with van der Waals surface area (Å²) in [4.78, 5) is 15.2. The molecular formula is C33H20N4. The molecule has 4 aromatic carbocycles. The van der Waals surface area contributed by atoms with Crippen molar-refractivity contribution >= 4 is 21.9 Å². The lowest BCUT2D eigenvalue weighted by atomic mass is 9.95. The third-order valence-electron chi connectivity index (χ3n) is 7.23. The number of rotatable bonds is 2. The lowest BCUT2D eigenvalue weighted by Crippen LogP contribution is -2.02. The van der Waals surface area contributed by atoms with Crippen molar-refractivity contribution in [2.75, 3.05) is 0 Å². The van der Waals surface area contributed by atoms with E-state index in [4.69, 9.17) is 15.0 Å². The van der Waals surface area contributed by atoms with Crippen LogP contribution in [0.1, 0.15) is 0 Å². The fourth-order valence-corrected chi connectivity index (χ4v) is 5.60. The largest absolute Gasteiger partial charge is 0.299 e. The first-order valence-corrected chi connectivity index (χ1v) is 12.4. The maximum absolute atomic E-state index is 5.17. The van der Waals surface area contributed by atoms with E-state index in [1.54, 1.807) is 0 Å². The van der Waals surface area contributed by atoms with Gasteiger partial charge in [0.25, 0.3) is 0 Å². The SMILES string of the molecule is c1ccc(-c2nc3ccccc3nc2-n2cc3c4c(cccc42)-c2ccccc2-c2cccnc2-3)cc1. The monoisotopic (exact) mass is 472 g/mol. The van der Waals surface area contributed by atoms with Gasteiger partial charge in [-0.1, -0.05) is 84.9 Å². The zero-order valence-corrected chi connectivity index (χ0v) is 19.8. The van der Waals surface area contributed by atoms with Crippen molar-refractivity contribution in [2.24, 2.45) is 0 Å². The van der Waals surface area contributed by atoms with Crippen LogP contribution < -0.4 is 0 Å². The van der Waals surface area contributed by atoms with Gasteiger partial charge in [0.2, 0.25) is 0 Å². The first-order valence-electron chi connectivity index (χ1n) is 12.4. The molecule has 1 aliphatic carbocycles. The summed E-state index contributed by atoms with van der Waals surface area (Å²) >= 11 is 0. The maximum atomic E-state index is 5.17. The van der Waals surface area contributed by atoms with Gasteiger partial charge < -0.3 is 0 Å². The quantitative estimate of drug-likeness (QED) is 0.256. The Morgan fingerprint density at radius 2 is 1.16 bits per heavy atom. The van der Waals surface area contributed by atoms with Crippen LogP contribution in [-0.4, -0.2) is 19.5 Å². The summed E-state index contributed by atoms with van der Waals surface area (Å²) < 4.78 is 2.20. The van der Waals surface area contributed by atoms with Gasteiger partial charge in [0, 0.05) is 34.5 Å². The lowest BCUT2D eigenvalue weighted by molar-refractivity contribution is 1.04. The van der Waals surface area contributed by atoms with Crippen LogP contribution in [0.15, 0.2) is 122 Å². The second-order valence-corrected chi connectivity index (χ2v) is 9.31. The predicted molar refractivity (Wildman–Crippen MR) is 149 cm³/mol. The van der Waals surface area contributed by atoms with Gasteiger partial charge in [-0.3, -0.25) is 9.55 Å². The molecule has 0 unspecified atom stereocenters. The number of hydrogen-bond donors (Lipinski definition) is 0. The standard InChI is InChI=1S/C33H20N4/c1-2-10-21(11-3-1)31-33(36-28-17-7-6-16-27(28)35-31)37-20-26-30-24(14-8-18-29(30)37)22-12-4-5-13-23(22)25-15-9-19-34-32(25)26/h1-20H. The Labute approximate surface area is 213 Å². The highest BCUT2D eigenvalue weighted by molar-refractivity contribution is 6.12. The minimum absolute atomic E-state index is 0.810. The molecule has 8 rings (SSSR count). The van der Waals surface area contributed by atoms with Gasteiger partial charge in [0.1, 0.15) is 5.69 Å². The van der Waals surface area contributed by atoms with Crippen molar-refractivity contribution in [3.05, 3.63) is 122 Å². The maximum Gasteiger partial charge on any atom is 0.164 e. The molecule has 0 bridgehead atoms. The molecule has 0 N–H and O–H groups in total. The van der Waals surface area contributed by atoms with E-state index in [1.807, 2.05) is 54.7 Å². The Hall–Kier alpha value is -5.09. The Bertz CT molecular complexity index is 1990. The summed E-state index contributed by atoms with van der Waals surface area (Å²) in [5.74, 6) is 0.810. The van der Waals surface area contributed by atoms with E-state index in [2.05, 4.69) is 71.4 Å². The average molecular weight is 473 g/mol. The zero-order chi connectivity index (χ0) is 24.3. The number of fused-ring (bicyclic) bond motifs is 6. The lowest BCUT2D eigenvalue weighted by Gasteiger charge is -2.14. The number of benzene rings is 4. The summed E-state index contributed by atoms with van der Waals surface area (Å²) in [7, 11) is 0. The van der Waals surface area contributed by atoms with Crippen LogP contribution in [0.5, 0.6) is 0 Å². The molecule has 37 heavy (non-hydrogen) atoms. The van der Waals surface area contributed by atoms with E-state index in [9.17, 15) is 0 Å². The van der Waals surface area contributed by atoms with E-state index in [-0.39, 0.29) is 0 Å². The Morgan fingerprint density at radius 3 is 2.00 bits per heavy atom. The minimum atomic E-state index is 0.810. The van der Waals surface area contributed by atoms with E-state index in [0.29, 0.717) is 0 Å². The Morgan fingerprint density at radius 1 is 0.486 bits per heavy atom. The van der Waals surface area contributed by atoms with E-state index in [0.717, 1.165) is 50.4 Å². The molecule has 0 radical (unpaired) electrons. The zero-order valence-electron chi connectivity index (χ0n) is 19.8. The van der Waals surface area contributed by atoms with Crippen molar-refractivity contribution in [2.45, 2.75) is 0 Å². The molecule has 0 atom stereocenters. The Balaban J connectivity index is 1.52. The van der Waals surface area contributed by atoms with E-state index < -0.39 is 0 Å². The van der Waals surface area contributed by atoms with Crippen molar-refractivity contribution < 1.29 is 0 Å². The highest BCUT2D eigenvalue weighted by atomic mass is 15.1.